The van der Waals surface area contributed by atoms with Crippen molar-refractivity contribution in [3.63, 3.8) is 0 Å². The van der Waals surface area contributed by atoms with Gasteiger partial charge in [0.2, 0.25) is 6.43 Å². The maximum atomic E-state index is 13.6. The largest absolute Gasteiger partial charge is 0.458 e. The summed E-state index contributed by atoms with van der Waals surface area (Å²) in [7, 11) is 0. The molecule has 0 radical (unpaired) electrons. The molecule has 0 aromatic rings. The predicted molar refractivity (Wildman–Crippen MR) is 75.4 cm³/mol. The van der Waals surface area contributed by atoms with Gasteiger partial charge in [0.05, 0.1) is 12.8 Å². The van der Waals surface area contributed by atoms with Gasteiger partial charge in [0.15, 0.2) is 12.0 Å². The van der Waals surface area contributed by atoms with Crippen molar-refractivity contribution in [2.75, 3.05) is 6.61 Å². The molecule has 0 bridgehead atoms. The molecule has 0 rings (SSSR count). The molecule has 0 aliphatic rings. The molecular weight excluding hydrogens is 497 g/mol. The van der Waals surface area contributed by atoms with E-state index in [1.54, 1.807) is 0 Å². The average Bonchev–Trinajstić information content (AvgIpc) is 2.55. The highest BCUT2D eigenvalue weighted by molar-refractivity contribution is 5.77. The van der Waals surface area contributed by atoms with Crippen LogP contribution in [0.3, 0.4) is 0 Å². The van der Waals surface area contributed by atoms with Gasteiger partial charge < -0.3 is 4.74 Å². The Kier molecular flexibility index (Phi) is 8.54. The van der Waals surface area contributed by atoms with Gasteiger partial charge in [-0.15, -0.1) is 0 Å². The molecule has 0 spiro atoms. The summed E-state index contributed by atoms with van der Waals surface area (Å²) in [6.07, 6.45) is -18.1. The fourth-order valence-electron chi connectivity index (χ4n) is 1.99. The van der Waals surface area contributed by atoms with Gasteiger partial charge in [0, 0.05) is 0 Å². The first-order chi connectivity index (χ1) is 13.8. The smallest absolute Gasteiger partial charge is 0.404 e. The summed E-state index contributed by atoms with van der Waals surface area (Å²) in [5.74, 6) is -34.9. The summed E-state index contributed by atoms with van der Waals surface area (Å²) in [5, 5.41) is 0. The van der Waals surface area contributed by atoms with E-state index in [9.17, 15) is 70.7 Å². The van der Waals surface area contributed by atoms with E-state index in [4.69, 9.17) is 0 Å². The molecule has 0 saturated heterocycles. The Balaban J connectivity index is 5.70. The highest BCUT2D eigenvalue weighted by Crippen LogP contribution is 2.54. The molecule has 2 nitrogen and oxygen atoms in total. The highest BCUT2D eigenvalue weighted by atomic mass is 19.4. The maximum absolute atomic E-state index is 13.6. The van der Waals surface area contributed by atoms with Crippen LogP contribution in [-0.2, 0) is 9.53 Å². The van der Waals surface area contributed by atoms with Gasteiger partial charge in [-0.1, -0.05) is 6.92 Å². The summed E-state index contributed by atoms with van der Waals surface area (Å²) in [6.45, 7) is -2.16. The molecule has 0 fully saturated rings. The van der Waals surface area contributed by atoms with Gasteiger partial charge in [-0.05, 0) is 13.3 Å². The summed E-state index contributed by atoms with van der Waals surface area (Å²) >= 11 is 0. The average molecular weight is 512 g/mol. The minimum Gasteiger partial charge on any atom is -0.458 e. The van der Waals surface area contributed by atoms with E-state index in [0.29, 0.717) is 0 Å². The van der Waals surface area contributed by atoms with E-state index >= 15 is 0 Å². The third-order valence-electron chi connectivity index (χ3n) is 4.48. The van der Waals surface area contributed by atoms with Crippen LogP contribution in [0.25, 0.3) is 0 Å². The summed E-state index contributed by atoms with van der Waals surface area (Å²) < 4.78 is 200. The summed E-state index contributed by atoms with van der Waals surface area (Å²) in [6, 6.07) is 0. The molecule has 1 unspecified atom stereocenters. The SMILES string of the molecule is CCC(C)(C(=O)OCC(F)(F)C(F)(F)CC(F)(F)C(F)(F)C(F)(F)CC(F)F)C(F)(F)F. The van der Waals surface area contributed by atoms with Crippen molar-refractivity contribution in [3.05, 3.63) is 0 Å². The second kappa shape index (κ2) is 8.99. The van der Waals surface area contributed by atoms with Crippen LogP contribution in [0.1, 0.15) is 33.1 Å². The van der Waals surface area contributed by atoms with Gasteiger partial charge in [0.1, 0.15) is 0 Å². The number of carbonyl (C=O) groups is 1. The van der Waals surface area contributed by atoms with E-state index in [1.807, 2.05) is 0 Å². The number of halogens is 15. The van der Waals surface area contributed by atoms with Crippen LogP contribution in [0, 0.1) is 5.41 Å². The van der Waals surface area contributed by atoms with Crippen LogP contribution in [0.5, 0.6) is 0 Å². The van der Waals surface area contributed by atoms with E-state index in [1.165, 1.54) is 0 Å². The minimum absolute atomic E-state index is 0.130. The van der Waals surface area contributed by atoms with Gasteiger partial charge in [-0.2, -0.15) is 57.1 Å². The second-order valence-corrected chi connectivity index (χ2v) is 6.92. The lowest BCUT2D eigenvalue weighted by molar-refractivity contribution is -0.342. The third kappa shape index (κ3) is 5.85. The van der Waals surface area contributed by atoms with Crippen LogP contribution >= 0.6 is 0 Å². The molecule has 17 heteroatoms. The lowest BCUT2D eigenvalue weighted by atomic mass is 9.87. The Bertz CT molecular complexity index is 656. The number of carbonyl (C=O) groups excluding carboxylic acids is 1. The standard InChI is InChI=1S/C15H15F15O2/c1-3-9(2,15(28,29)30)8(31)32-6-13(24,25)11(20,21)5-12(22,23)14(26,27)10(18,19)4-7(16)17/h7H,3-6H2,1-2H3. The summed E-state index contributed by atoms with van der Waals surface area (Å²) in [5.41, 5.74) is -3.49. The first kappa shape index (κ1) is 30.4. The molecule has 32 heavy (non-hydrogen) atoms. The van der Waals surface area contributed by atoms with E-state index < -0.39 is 79.5 Å². The lowest BCUT2D eigenvalue weighted by Crippen LogP contribution is -2.59. The topological polar surface area (TPSA) is 26.3 Å². The van der Waals surface area contributed by atoms with Gasteiger partial charge in [-0.25, -0.2) is 8.78 Å². The molecule has 192 valence electrons. The van der Waals surface area contributed by atoms with Crippen molar-refractivity contribution >= 4 is 5.97 Å². The van der Waals surface area contributed by atoms with Gasteiger partial charge in [-0.3, -0.25) is 4.79 Å². The molecule has 0 aliphatic heterocycles. The van der Waals surface area contributed by atoms with E-state index in [-0.39, 0.29) is 6.92 Å². The summed E-state index contributed by atoms with van der Waals surface area (Å²) in [4.78, 5) is 11.4. The first-order valence-electron chi connectivity index (χ1n) is 8.22. The van der Waals surface area contributed by atoms with Crippen molar-refractivity contribution in [1.29, 1.82) is 0 Å². The molecule has 0 aliphatic carbocycles. The van der Waals surface area contributed by atoms with Crippen molar-refractivity contribution in [2.24, 2.45) is 5.41 Å². The molecule has 0 heterocycles. The molecule has 1 atom stereocenters. The Hall–Kier alpha value is -1.58. The maximum Gasteiger partial charge on any atom is 0.404 e. The molecule has 0 saturated carbocycles. The number of hydrogen-bond acceptors (Lipinski definition) is 2. The first-order valence-corrected chi connectivity index (χ1v) is 8.22. The predicted octanol–water partition coefficient (Wildman–Crippen LogP) is 6.73. The monoisotopic (exact) mass is 512 g/mol. The van der Waals surface area contributed by atoms with Crippen LogP contribution in [-0.4, -0.2) is 54.8 Å². The highest BCUT2D eigenvalue weighted by Gasteiger charge is 2.75. The molecule has 0 N–H and O–H groups in total. The second-order valence-electron chi connectivity index (χ2n) is 6.92. The van der Waals surface area contributed by atoms with Crippen molar-refractivity contribution < 1.29 is 75.4 Å². The van der Waals surface area contributed by atoms with Gasteiger partial charge in [0.25, 0.3) is 0 Å². The van der Waals surface area contributed by atoms with Crippen molar-refractivity contribution in [2.45, 2.75) is 75.3 Å². The molecule has 0 aromatic heterocycles. The zero-order valence-electron chi connectivity index (χ0n) is 15.9. The Morgan fingerprint density at radius 2 is 1.19 bits per heavy atom. The Morgan fingerprint density at radius 3 is 1.53 bits per heavy atom. The van der Waals surface area contributed by atoms with Crippen molar-refractivity contribution in [3.8, 4) is 0 Å². The lowest BCUT2D eigenvalue weighted by Gasteiger charge is -2.36. The van der Waals surface area contributed by atoms with Crippen molar-refractivity contribution in [1.82, 2.24) is 0 Å². The normalized spacial score (nSPS) is 16.8. The van der Waals surface area contributed by atoms with Crippen LogP contribution in [0.15, 0.2) is 0 Å². The van der Waals surface area contributed by atoms with Crippen LogP contribution in [0.4, 0.5) is 65.9 Å². The zero-order valence-corrected chi connectivity index (χ0v) is 15.9. The van der Waals surface area contributed by atoms with Gasteiger partial charge >= 0.3 is 41.8 Å². The molecule has 0 aromatic carbocycles. The number of alkyl halides is 15. The number of ether oxygens (including phenoxy) is 1. The fraction of sp³-hybridized carbons (Fsp3) is 0.933. The number of rotatable bonds is 11. The van der Waals surface area contributed by atoms with E-state index in [2.05, 4.69) is 4.74 Å². The zero-order chi connectivity index (χ0) is 26.2. The van der Waals surface area contributed by atoms with E-state index in [0.717, 1.165) is 6.92 Å². The number of esters is 1. The third-order valence-corrected chi connectivity index (χ3v) is 4.48. The Morgan fingerprint density at radius 1 is 0.750 bits per heavy atom. The fourth-order valence-corrected chi connectivity index (χ4v) is 1.99. The minimum atomic E-state index is -6.95. The quantitative estimate of drug-likeness (QED) is 0.227. The molecule has 0 amide bonds. The van der Waals surface area contributed by atoms with Crippen LogP contribution < -0.4 is 0 Å². The number of hydrogen-bond donors (Lipinski definition) is 0. The van der Waals surface area contributed by atoms with Crippen LogP contribution in [0.2, 0.25) is 0 Å². The molecular formula is C15H15F15O2. The Labute approximate surface area is 170 Å².